The number of amides is 1. The Morgan fingerprint density at radius 2 is 2.16 bits per heavy atom. The lowest BCUT2D eigenvalue weighted by molar-refractivity contribution is -0.119. The van der Waals surface area contributed by atoms with E-state index in [1.807, 2.05) is 4.90 Å². The summed E-state index contributed by atoms with van der Waals surface area (Å²) < 4.78 is 0. The molecule has 0 bridgehead atoms. The SMILES string of the molecule is Cc1ccc2c(c1)CCN2C(=O)CC1CCNCC1. The summed E-state index contributed by atoms with van der Waals surface area (Å²) in [5.41, 5.74) is 3.76. The van der Waals surface area contributed by atoms with Crippen molar-refractivity contribution in [1.82, 2.24) is 5.32 Å². The molecule has 0 spiro atoms. The Kier molecular flexibility index (Phi) is 3.56. The van der Waals surface area contributed by atoms with Gasteiger partial charge in [0.05, 0.1) is 0 Å². The van der Waals surface area contributed by atoms with Crippen LogP contribution in [0.3, 0.4) is 0 Å². The van der Waals surface area contributed by atoms with Gasteiger partial charge in [0.25, 0.3) is 0 Å². The van der Waals surface area contributed by atoms with Crippen molar-refractivity contribution in [1.29, 1.82) is 0 Å². The summed E-state index contributed by atoms with van der Waals surface area (Å²) in [4.78, 5) is 14.5. The second kappa shape index (κ2) is 5.33. The number of benzene rings is 1. The molecule has 102 valence electrons. The molecule has 2 aliphatic rings. The Morgan fingerprint density at radius 3 is 2.95 bits per heavy atom. The molecule has 19 heavy (non-hydrogen) atoms. The van der Waals surface area contributed by atoms with Gasteiger partial charge < -0.3 is 10.2 Å². The second-order valence-electron chi connectivity index (χ2n) is 5.83. The first-order valence-electron chi connectivity index (χ1n) is 7.34. The van der Waals surface area contributed by atoms with E-state index in [1.165, 1.54) is 11.1 Å². The zero-order valence-electron chi connectivity index (χ0n) is 11.6. The zero-order chi connectivity index (χ0) is 13.2. The van der Waals surface area contributed by atoms with Crippen LogP contribution in [-0.2, 0) is 11.2 Å². The quantitative estimate of drug-likeness (QED) is 0.882. The van der Waals surface area contributed by atoms with Crippen LogP contribution in [0.1, 0.15) is 30.4 Å². The first-order chi connectivity index (χ1) is 9.24. The highest BCUT2D eigenvalue weighted by atomic mass is 16.2. The highest BCUT2D eigenvalue weighted by molar-refractivity contribution is 5.95. The zero-order valence-corrected chi connectivity index (χ0v) is 11.6. The summed E-state index contributed by atoms with van der Waals surface area (Å²) in [5.74, 6) is 0.887. The molecule has 0 saturated carbocycles. The van der Waals surface area contributed by atoms with E-state index in [4.69, 9.17) is 0 Å². The topological polar surface area (TPSA) is 32.3 Å². The van der Waals surface area contributed by atoms with Gasteiger partial charge in [0.2, 0.25) is 5.91 Å². The second-order valence-corrected chi connectivity index (χ2v) is 5.83. The molecule has 3 heteroatoms. The summed E-state index contributed by atoms with van der Waals surface area (Å²) >= 11 is 0. The maximum absolute atomic E-state index is 12.5. The number of nitrogens with zero attached hydrogens (tertiary/aromatic N) is 1. The molecule has 0 unspecified atom stereocenters. The lowest BCUT2D eigenvalue weighted by Gasteiger charge is -2.25. The average Bonchev–Trinajstić information content (AvgIpc) is 2.82. The number of carbonyl (C=O) groups is 1. The maximum Gasteiger partial charge on any atom is 0.227 e. The van der Waals surface area contributed by atoms with E-state index in [0.29, 0.717) is 11.8 Å². The number of nitrogens with one attached hydrogen (secondary N) is 1. The van der Waals surface area contributed by atoms with E-state index in [-0.39, 0.29) is 0 Å². The molecule has 0 aliphatic carbocycles. The minimum Gasteiger partial charge on any atom is -0.317 e. The number of hydrogen-bond donors (Lipinski definition) is 1. The van der Waals surface area contributed by atoms with Crippen molar-refractivity contribution in [3.63, 3.8) is 0 Å². The number of fused-ring (bicyclic) bond motifs is 1. The third kappa shape index (κ3) is 2.66. The minimum absolute atomic E-state index is 0.314. The van der Waals surface area contributed by atoms with Gasteiger partial charge in [0, 0.05) is 18.7 Å². The summed E-state index contributed by atoms with van der Waals surface area (Å²) in [7, 11) is 0. The van der Waals surface area contributed by atoms with Crippen LogP contribution in [0.25, 0.3) is 0 Å². The Balaban J connectivity index is 1.69. The molecule has 0 atom stereocenters. The Morgan fingerprint density at radius 1 is 1.37 bits per heavy atom. The van der Waals surface area contributed by atoms with Crippen LogP contribution in [0.5, 0.6) is 0 Å². The summed E-state index contributed by atoms with van der Waals surface area (Å²) in [6.45, 7) is 5.10. The monoisotopic (exact) mass is 258 g/mol. The fourth-order valence-corrected chi connectivity index (χ4v) is 3.23. The van der Waals surface area contributed by atoms with E-state index < -0.39 is 0 Å². The molecule has 0 radical (unpaired) electrons. The van der Waals surface area contributed by atoms with Gasteiger partial charge in [-0.25, -0.2) is 0 Å². The molecule has 1 fully saturated rings. The first-order valence-corrected chi connectivity index (χ1v) is 7.34. The maximum atomic E-state index is 12.5. The molecule has 1 aromatic rings. The van der Waals surface area contributed by atoms with E-state index in [1.54, 1.807) is 0 Å². The highest BCUT2D eigenvalue weighted by Gasteiger charge is 2.26. The molecule has 2 aliphatic heterocycles. The summed E-state index contributed by atoms with van der Waals surface area (Å²) in [6, 6.07) is 6.43. The number of hydrogen-bond acceptors (Lipinski definition) is 2. The number of piperidine rings is 1. The third-order valence-corrected chi connectivity index (χ3v) is 4.35. The van der Waals surface area contributed by atoms with Crippen LogP contribution in [0, 0.1) is 12.8 Å². The normalized spacial score (nSPS) is 19.5. The predicted octanol–water partition coefficient (Wildman–Crippen LogP) is 2.27. The molecular weight excluding hydrogens is 236 g/mol. The van der Waals surface area contributed by atoms with Gasteiger partial charge in [0.1, 0.15) is 0 Å². The Bertz CT molecular complexity index is 478. The molecule has 2 heterocycles. The lowest BCUT2D eigenvalue weighted by atomic mass is 9.94. The van der Waals surface area contributed by atoms with Crippen LogP contribution in [0.15, 0.2) is 18.2 Å². The van der Waals surface area contributed by atoms with Crippen LogP contribution >= 0.6 is 0 Å². The van der Waals surface area contributed by atoms with Crippen LogP contribution in [0.2, 0.25) is 0 Å². The van der Waals surface area contributed by atoms with Crippen molar-refractivity contribution >= 4 is 11.6 Å². The number of rotatable bonds is 2. The minimum atomic E-state index is 0.314. The van der Waals surface area contributed by atoms with Crippen molar-refractivity contribution in [3.05, 3.63) is 29.3 Å². The Labute approximate surface area is 115 Å². The van der Waals surface area contributed by atoms with Gasteiger partial charge in [0.15, 0.2) is 0 Å². The van der Waals surface area contributed by atoms with Crippen molar-refractivity contribution in [2.45, 2.75) is 32.6 Å². The molecule has 1 aromatic carbocycles. The number of carbonyl (C=O) groups excluding carboxylic acids is 1. The highest BCUT2D eigenvalue weighted by Crippen LogP contribution is 2.30. The van der Waals surface area contributed by atoms with E-state index in [2.05, 4.69) is 30.4 Å². The van der Waals surface area contributed by atoms with Gasteiger partial charge in [-0.3, -0.25) is 4.79 Å². The molecule has 1 amide bonds. The van der Waals surface area contributed by atoms with Crippen molar-refractivity contribution in [2.24, 2.45) is 5.92 Å². The van der Waals surface area contributed by atoms with Gasteiger partial charge in [-0.15, -0.1) is 0 Å². The average molecular weight is 258 g/mol. The summed E-state index contributed by atoms with van der Waals surface area (Å²) in [6.07, 6.45) is 4.00. The molecular formula is C16H22N2O. The van der Waals surface area contributed by atoms with Gasteiger partial charge in [-0.2, -0.15) is 0 Å². The van der Waals surface area contributed by atoms with Gasteiger partial charge in [-0.1, -0.05) is 17.7 Å². The Hall–Kier alpha value is -1.35. The number of anilines is 1. The molecule has 1 N–H and O–H groups in total. The largest absolute Gasteiger partial charge is 0.317 e. The van der Waals surface area contributed by atoms with Crippen molar-refractivity contribution in [3.8, 4) is 0 Å². The van der Waals surface area contributed by atoms with Gasteiger partial charge >= 0.3 is 0 Å². The van der Waals surface area contributed by atoms with E-state index in [0.717, 1.165) is 51.0 Å². The fourth-order valence-electron chi connectivity index (χ4n) is 3.23. The molecule has 3 nitrogen and oxygen atoms in total. The van der Waals surface area contributed by atoms with Gasteiger partial charge in [-0.05, 0) is 56.8 Å². The molecule has 1 saturated heterocycles. The lowest BCUT2D eigenvalue weighted by Crippen LogP contribution is -2.34. The smallest absolute Gasteiger partial charge is 0.227 e. The van der Waals surface area contributed by atoms with Crippen LogP contribution in [-0.4, -0.2) is 25.5 Å². The van der Waals surface area contributed by atoms with Crippen LogP contribution in [0.4, 0.5) is 5.69 Å². The number of aryl methyl sites for hydroxylation is 1. The molecule has 3 rings (SSSR count). The molecule has 0 aromatic heterocycles. The fraction of sp³-hybridized carbons (Fsp3) is 0.562. The first kappa shape index (κ1) is 12.7. The van der Waals surface area contributed by atoms with E-state index in [9.17, 15) is 4.79 Å². The van der Waals surface area contributed by atoms with E-state index >= 15 is 0 Å². The predicted molar refractivity (Wildman–Crippen MR) is 77.4 cm³/mol. The van der Waals surface area contributed by atoms with Crippen molar-refractivity contribution < 1.29 is 4.79 Å². The standard InChI is InChI=1S/C16H22N2O/c1-12-2-3-15-14(10-12)6-9-18(15)16(19)11-13-4-7-17-8-5-13/h2-3,10,13,17H,4-9,11H2,1H3. The third-order valence-electron chi connectivity index (χ3n) is 4.35. The van der Waals surface area contributed by atoms with Crippen LogP contribution < -0.4 is 10.2 Å². The van der Waals surface area contributed by atoms with Crippen molar-refractivity contribution in [2.75, 3.05) is 24.5 Å². The summed E-state index contributed by atoms with van der Waals surface area (Å²) in [5, 5.41) is 3.35.